The summed E-state index contributed by atoms with van der Waals surface area (Å²) in [5.41, 5.74) is 3.57. The summed E-state index contributed by atoms with van der Waals surface area (Å²) in [6.45, 7) is 4.73. The molecular weight excluding hydrogens is 400 g/mol. The number of benzene rings is 1. The fourth-order valence-corrected chi connectivity index (χ4v) is 3.23. The van der Waals surface area contributed by atoms with Crippen LogP contribution in [0, 0.1) is 24.0 Å². The Bertz CT molecular complexity index is 1250. The van der Waals surface area contributed by atoms with Crippen molar-refractivity contribution >= 4 is 17.3 Å². The van der Waals surface area contributed by atoms with Crippen LogP contribution >= 0.6 is 0 Å². The lowest BCUT2D eigenvalue weighted by molar-refractivity contribution is -0.385. The maximum atomic E-state index is 12.6. The van der Waals surface area contributed by atoms with Gasteiger partial charge in [-0.1, -0.05) is 12.1 Å². The number of hydrogen-bond donors (Lipinski definition) is 1. The minimum atomic E-state index is -0.520. The third kappa shape index (κ3) is 4.69. The highest BCUT2D eigenvalue weighted by atomic mass is 16.6. The first-order chi connectivity index (χ1) is 14.9. The zero-order valence-electron chi connectivity index (χ0n) is 17.0. The predicted molar refractivity (Wildman–Crippen MR) is 112 cm³/mol. The van der Waals surface area contributed by atoms with Crippen LogP contribution < -0.4 is 5.32 Å². The van der Waals surface area contributed by atoms with Crippen molar-refractivity contribution in [2.24, 2.45) is 0 Å². The summed E-state index contributed by atoms with van der Waals surface area (Å²) in [5, 5.41) is 22.0. The molecule has 4 aromatic rings. The van der Waals surface area contributed by atoms with Crippen LogP contribution in [0.1, 0.15) is 33.3 Å². The summed E-state index contributed by atoms with van der Waals surface area (Å²) in [5.74, 6) is 0.211. The molecule has 0 saturated heterocycles. The second-order valence-electron chi connectivity index (χ2n) is 7.16. The monoisotopic (exact) mass is 420 g/mol. The molecule has 0 fully saturated rings. The topological polar surface area (TPSA) is 121 Å². The Hall–Kier alpha value is -4.21. The maximum Gasteiger partial charge on any atom is 0.307 e. The Labute approximate surface area is 177 Å². The first-order valence-corrected chi connectivity index (χ1v) is 9.54. The van der Waals surface area contributed by atoms with Crippen LogP contribution in [0.25, 0.3) is 0 Å². The molecule has 3 aromatic heterocycles. The lowest BCUT2D eigenvalue weighted by atomic mass is 10.2. The fraction of sp³-hybridized carbons (Fsp3) is 0.190. The van der Waals surface area contributed by atoms with Crippen molar-refractivity contribution in [2.75, 3.05) is 5.32 Å². The van der Waals surface area contributed by atoms with Gasteiger partial charge < -0.3 is 9.73 Å². The van der Waals surface area contributed by atoms with E-state index in [1.54, 1.807) is 18.2 Å². The number of carbonyl (C=O) groups excluding carboxylic acids is 1. The number of rotatable bonds is 7. The van der Waals surface area contributed by atoms with Gasteiger partial charge >= 0.3 is 5.69 Å². The Balaban J connectivity index is 1.41. The molecule has 0 radical (unpaired) electrons. The van der Waals surface area contributed by atoms with E-state index in [0.29, 0.717) is 18.0 Å². The number of hydrogen-bond acceptors (Lipinski definition) is 6. The highest BCUT2D eigenvalue weighted by Crippen LogP contribution is 2.17. The third-order valence-electron chi connectivity index (χ3n) is 4.65. The van der Waals surface area contributed by atoms with Gasteiger partial charge in [-0.3, -0.25) is 24.3 Å². The van der Waals surface area contributed by atoms with E-state index in [-0.39, 0.29) is 23.9 Å². The number of anilines is 1. The number of carbonyl (C=O) groups is 1. The number of aromatic nitrogens is 4. The van der Waals surface area contributed by atoms with Crippen molar-refractivity contribution in [3.05, 3.63) is 93.4 Å². The minimum absolute atomic E-state index is 0.107. The number of nitrogens with zero attached hydrogens (tertiary/aromatic N) is 5. The Kier molecular flexibility index (Phi) is 5.35. The van der Waals surface area contributed by atoms with Crippen LogP contribution in [0.3, 0.4) is 0 Å². The van der Waals surface area contributed by atoms with Crippen molar-refractivity contribution in [1.29, 1.82) is 0 Å². The van der Waals surface area contributed by atoms with Gasteiger partial charge in [0, 0.05) is 11.4 Å². The van der Waals surface area contributed by atoms with Gasteiger partial charge in [-0.05, 0) is 49.7 Å². The van der Waals surface area contributed by atoms with Gasteiger partial charge in [0.1, 0.15) is 18.2 Å². The third-order valence-corrected chi connectivity index (χ3v) is 4.65. The first kappa shape index (κ1) is 20.1. The van der Waals surface area contributed by atoms with Gasteiger partial charge in [-0.25, -0.2) is 0 Å². The first-order valence-electron chi connectivity index (χ1n) is 9.54. The molecule has 0 unspecified atom stereocenters. The smallest absolute Gasteiger partial charge is 0.307 e. The Morgan fingerprint density at radius 1 is 1.19 bits per heavy atom. The van der Waals surface area contributed by atoms with E-state index in [1.807, 2.05) is 42.8 Å². The Morgan fingerprint density at radius 3 is 2.74 bits per heavy atom. The van der Waals surface area contributed by atoms with Crippen LogP contribution in [0.2, 0.25) is 0 Å². The highest BCUT2D eigenvalue weighted by molar-refractivity contribution is 6.02. The van der Waals surface area contributed by atoms with Crippen LogP contribution in [-0.2, 0) is 13.1 Å². The molecule has 1 N–H and O–H groups in total. The number of nitro groups is 1. The summed E-state index contributed by atoms with van der Waals surface area (Å²) < 4.78 is 8.87. The van der Waals surface area contributed by atoms with Crippen LogP contribution in [0.5, 0.6) is 0 Å². The predicted octanol–water partition coefficient (Wildman–Crippen LogP) is 3.55. The maximum absolute atomic E-state index is 12.6. The Morgan fingerprint density at radius 2 is 2.03 bits per heavy atom. The standard InChI is InChI=1S/C21H20N6O4/c1-14-8-15(2)26(24-14)11-16-4-3-5-17(9-16)23-21(28)20-7-6-19(31-20)13-25-12-18(10-22-25)27(29)30/h3-10,12H,11,13H2,1-2H3,(H,23,28). The zero-order valence-corrected chi connectivity index (χ0v) is 17.0. The summed E-state index contributed by atoms with van der Waals surface area (Å²) in [6, 6.07) is 12.7. The fourth-order valence-electron chi connectivity index (χ4n) is 3.23. The van der Waals surface area contributed by atoms with Gasteiger partial charge in [0.2, 0.25) is 0 Å². The second-order valence-corrected chi connectivity index (χ2v) is 7.16. The van der Waals surface area contributed by atoms with Crippen molar-refractivity contribution < 1.29 is 14.1 Å². The normalized spacial score (nSPS) is 10.9. The number of aryl methyl sites for hydroxylation is 2. The molecule has 31 heavy (non-hydrogen) atoms. The number of nitrogens with one attached hydrogen (secondary N) is 1. The van der Waals surface area contributed by atoms with Crippen LogP contribution in [-0.4, -0.2) is 30.4 Å². The van der Waals surface area contributed by atoms with Crippen LogP contribution in [0.15, 0.2) is 59.3 Å². The number of amides is 1. The molecule has 0 atom stereocenters. The van der Waals surface area contributed by atoms with Crippen molar-refractivity contribution in [2.45, 2.75) is 26.9 Å². The molecule has 0 bridgehead atoms. The van der Waals surface area contributed by atoms with E-state index in [1.165, 1.54) is 10.9 Å². The van der Waals surface area contributed by atoms with E-state index in [4.69, 9.17) is 4.42 Å². The molecule has 158 valence electrons. The average Bonchev–Trinajstić information content (AvgIpc) is 3.44. The van der Waals surface area contributed by atoms with E-state index < -0.39 is 4.92 Å². The van der Waals surface area contributed by atoms with E-state index >= 15 is 0 Å². The molecule has 4 rings (SSSR count). The average molecular weight is 420 g/mol. The van der Waals surface area contributed by atoms with E-state index in [2.05, 4.69) is 15.5 Å². The molecule has 0 saturated carbocycles. The lowest BCUT2D eigenvalue weighted by Crippen LogP contribution is -2.11. The van der Waals surface area contributed by atoms with Crippen molar-refractivity contribution in [1.82, 2.24) is 19.6 Å². The highest BCUT2D eigenvalue weighted by Gasteiger charge is 2.14. The molecule has 1 amide bonds. The summed E-state index contributed by atoms with van der Waals surface area (Å²) in [7, 11) is 0. The van der Waals surface area contributed by atoms with Gasteiger partial charge in [-0.2, -0.15) is 10.2 Å². The van der Waals surface area contributed by atoms with Crippen molar-refractivity contribution in [3.63, 3.8) is 0 Å². The second kappa shape index (κ2) is 8.27. The molecule has 10 heteroatoms. The van der Waals surface area contributed by atoms with E-state index in [9.17, 15) is 14.9 Å². The summed E-state index contributed by atoms with van der Waals surface area (Å²) in [6.07, 6.45) is 2.46. The molecular formula is C21H20N6O4. The molecule has 10 nitrogen and oxygen atoms in total. The molecule has 3 heterocycles. The van der Waals surface area contributed by atoms with Gasteiger partial charge in [0.05, 0.1) is 23.7 Å². The quantitative estimate of drug-likeness (QED) is 0.360. The molecule has 0 aliphatic carbocycles. The molecule has 0 spiro atoms. The lowest BCUT2D eigenvalue weighted by Gasteiger charge is -2.08. The van der Waals surface area contributed by atoms with Gasteiger partial charge in [0.25, 0.3) is 5.91 Å². The van der Waals surface area contributed by atoms with Gasteiger partial charge in [0.15, 0.2) is 5.76 Å². The largest absolute Gasteiger partial charge is 0.454 e. The van der Waals surface area contributed by atoms with Crippen LogP contribution in [0.4, 0.5) is 11.4 Å². The van der Waals surface area contributed by atoms with E-state index in [0.717, 1.165) is 23.1 Å². The SMILES string of the molecule is Cc1cc(C)n(Cc2cccc(NC(=O)c3ccc(Cn4cc([N+](=O)[O-])cn4)o3)c2)n1. The van der Waals surface area contributed by atoms with Crippen molar-refractivity contribution in [3.8, 4) is 0 Å². The minimum Gasteiger partial charge on any atom is -0.454 e. The molecule has 0 aliphatic rings. The zero-order chi connectivity index (χ0) is 22.0. The molecule has 0 aliphatic heterocycles. The van der Waals surface area contributed by atoms with Gasteiger partial charge in [-0.15, -0.1) is 0 Å². The molecule has 1 aromatic carbocycles. The summed E-state index contributed by atoms with van der Waals surface area (Å²) in [4.78, 5) is 22.8. The summed E-state index contributed by atoms with van der Waals surface area (Å²) >= 11 is 0. The number of furan rings is 1.